The van der Waals surface area contributed by atoms with Crippen LogP contribution in [-0.4, -0.2) is 10.6 Å². The van der Waals surface area contributed by atoms with Gasteiger partial charge in [0, 0.05) is 0 Å². The molecule has 0 saturated carbocycles. The number of thiol groups is 1. The molecule has 0 fully saturated rings. The van der Waals surface area contributed by atoms with Gasteiger partial charge in [-0.05, 0) is 12.8 Å². The Balaban J connectivity index is 3.26. The second kappa shape index (κ2) is 1.86. The van der Waals surface area contributed by atoms with Crippen LogP contribution in [0.5, 0.6) is 0 Å². The van der Waals surface area contributed by atoms with Crippen molar-refractivity contribution < 1.29 is 9.28 Å². The first-order chi connectivity index (χ1) is 2.64. The molecule has 0 spiro atoms. The number of carbonyl (C=O) groups excluding carboxylic acids is 1. The lowest BCUT2D eigenvalue weighted by Gasteiger charge is -1.92. The summed E-state index contributed by atoms with van der Waals surface area (Å²) in [5.41, 5.74) is 4.27. The molecular weight excluding hydrogens is 107 g/mol. The Labute approximate surface area is 39.4 Å². The first-order valence-corrected chi connectivity index (χ1v) is 1.49. The van der Waals surface area contributed by atoms with Gasteiger partial charge >= 0.3 is 6.03 Å². The van der Waals surface area contributed by atoms with Crippen molar-refractivity contribution in [1.29, 1.82) is 0 Å². The van der Waals surface area contributed by atoms with Gasteiger partial charge in [0.1, 0.15) is 0 Å². The zero-order valence-electron chi connectivity index (χ0n) is 2.76. The topological polar surface area (TPSA) is 46.3 Å². The van der Waals surface area contributed by atoms with E-state index in [0.29, 0.717) is 0 Å². The van der Waals surface area contributed by atoms with Crippen LogP contribution in [0, 0.1) is 0 Å². The number of halogens is 1. The highest BCUT2D eigenvalue weighted by Crippen LogP contribution is 1.88. The number of rotatable bonds is 0. The average molecular weight is 110 g/mol. The fourth-order valence-electron chi connectivity index (χ4n) is 0. The monoisotopic (exact) mass is 110 g/mol. The lowest BCUT2D eigenvalue weighted by atomic mass is 11.2. The second-order valence-electron chi connectivity index (χ2n) is 0.598. The molecule has 0 aromatic rings. The molecule has 0 bridgehead atoms. The van der Waals surface area contributed by atoms with E-state index in [4.69, 9.17) is 0 Å². The lowest BCUT2D eigenvalue weighted by molar-refractivity contribution is 0.167. The summed E-state index contributed by atoms with van der Waals surface area (Å²) < 4.78 is 10.5. The molecule has 36 valence electrons. The van der Waals surface area contributed by atoms with Crippen LogP contribution in [0.2, 0.25) is 0 Å². The molecule has 3 nitrogen and oxygen atoms in total. The van der Waals surface area contributed by atoms with Crippen molar-refractivity contribution in [2.45, 2.75) is 0 Å². The molecule has 0 saturated heterocycles. The van der Waals surface area contributed by atoms with Crippen LogP contribution in [0.25, 0.3) is 0 Å². The van der Waals surface area contributed by atoms with Gasteiger partial charge in [-0.25, -0.2) is 4.79 Å². The third-order valence-corrected chi connectivity index (χ3v) is 0.379. The second-order valence-corrected chi connectivity index (χ2v) is 0.950. The van der Waals surface area contributed by atoms with Gasteiger partial charge in [0.05, 0.1) is 0 Å². The van der Waals surface area contributed by atoms with E-state index in [2.05, 4.69) is 18.5 Å². The van der Waals surface area contributed by atoms with Crippen molar-refractivity contribution in [2.75, 3.05) is 0 Å². The Kier molecular flexibility index (Phi) is 1.72. The Morgan fingerprint density at radius 1 is 2.00 bits per heavy atom. The highest BCUT2D eigenvalue weighted by molar-refractivity contribution is 7.78. The molecular formula is CH3FN2OS. The van der Waals surface area contributed by atoms with E-state index in [1.165, 1.54) is 0 Å². The quantitative estimate of drug-likeness (QED) is 0.337. The maximum atomic E-state index is 11.0. The Morgan fingerprint density at radius 2 is 2.17 bits per heavy atom. The van der Waals surface area contributed by atoms with Gasteiger partial charge in [0.2, 0.25) is 0 Å². The summed E-state index contributed by atoms with van der Waals surface area (Å²) >= 11 is 2.89. The van der Waals surface area contributed by atoms with Gasteiger partial charge in [-0.2, -0.15) is 0 Å². The van der Waals surface area contributed by atoms with E-state index in [0.717, 1.165) is 0 Å². The summed E-state index contributed by atoms with van der Waals surface area (Å²) in [6.45, 7) is 0. The third kappa shape index (κ3) is 1.83. The molecule has 5 heteroatoms. The van der Waals surface area contributed by atoms with Gasteiger partial charge in [-0.3, -0.25) is 0 Å². The number of nitrogens with two attached hydrogens (primary N) is 1. The standard InChI is InChI=1S/CH3FN2OS/c2-4(6)1(3)5/h6H,(H2,3,5). The molecule has 0 atom stereocenters. The Morgan fingerprint density at radius 3 is 2.17 bits per heavy atom. The summed E-state index contributed by atoms with van der Waals surface area (Å²) in [5.74, 6) is 0. The van der Waals surface area contributed by atoms with Gasteiger partial charge in [0.15, 0.2) is 0 Å². The normalized spacial score (nSPS) is 7.67. The van der Waals surface area contributed by atoms with Crippen molar-refractivity contribution in [2.24, 2.45) is 5.73 Å². The molecule has 2 amide bonds. The smallest absolute Gasteiger partial charge is 0.349 e. The number of carbonyl (C=O) groups is 1. The molecule has 0 rings (SSSR count). The van der Waals surface area contributed by atoms with E-state index < -0.39 is 10.6 Å². The summed E-state index contributed by atoms with van der Waals surface area (Å²) in [4.78, 5) is 9.40. The van der Waals surface area contributed by atoms with Crippen molar-refractivity contribution in [3.63, 3.8) is 0 Å². The molecule has 0 radical (unpaired) electrons. The average Bonchev–Trinajstić information content (AvgIpc) is 1.36. The number of urea groups is 1. The lowest BCUT2D eigenvalue weighted by Crippen LogP contribution is -2.19. The Hall–Kier alpha value is -0.450. The zero-order chi connectivity index (χ0) is 5.15. The number of hydrogen-bond acceptors (Lipinski definition) is 2. The molecule has 0 aliphatic carbocycles. The fraction of sp³-hybridized carbons (Fsp3) is 0. The largest absolute Gasteiger partial charge is 0.353 e. The molecule has 0 aliphatic rings. The maximum Gasteiger partial charge on any atom is 0.353 e. The van der Waals surface area contributed by atoms with Crippen LogP contribution >= 0.6 is 12.8 Å². The van der Waals surface area contributed by atoms with Gasteiger partial charge in [0.25, 0.3) is 0 Å². The minimum Gasteiger partial charge on any atom is -0.349 e. The summed E-state index contributed by atoms with van der Waals surface area (Å²) in [5, 5.41) is 0. The van der Waals surface area contributed by atoms with Gasteiger partial charge < -0.3 is 5.73 Å². The molecule has 6 heavy (non-hydrogen) atoms. The van der Waals surface area contributed by atoms with Crippen LogP contribution in [-0.2, 0) is 0 Å². The first-order valence-electron chi connectivity index (χ1n) is 1.09. The number of nitrogens with zero attached hydrogens (tertiary/aromatic N) is 1. The van der Waals surface area contributed by atoms with Crippen LogP contribution < -0.4 is 5.73 Å². The molecule has 0 aliphatic heterocycles. The molecule has 0 unspecified atom stereocenters. The van der Waals surface area contributed by atoms with Crippen LogP contribution in [0.15, 0.2) is 0 Å². The van der Waals surface area contributed by atoms with Crippen LogP contribution in [0.1, 0.15) is 0 Å². The number of amides is 2. The van der Waals surface area contributed by atoms with E-state index in [-0.39, 0.29) is 0 Å². The summed E-state index contributed by atoms with van der Waals surface area (Å²) in [7, 11) is 0. The third-order valence-electron chi connectivity index (χ3n) is 0.182. The van der Waals surface area contributed by atoms with Crippen LogP contribution in [0.3, 0.4) is 0 Å². The highest BCUT2D eigenvalue weighted by atomic mass is 32.1. The van der Waals surface area contributed by atoms with E-state index in [1.54, 1.807) is 0 Å². The van der Waals surface area contributed by atoms with Crippen molar-refractivity contribution in [3.05, 3.63) is 0 Å². The predicted molar refractivity (Wildman–Crippen MR) is 21.5 cm³/mol. The van der Waals surface area contributed by atoms with Crippen molar-refractivity contribution in [1.82, 2.24) is 4.53 Å². The summed E-state index contributed by atoms with van der Waals surface area (Å²) in [6, 6.07) is -1.21. The summed E-state index contributed by atoms with van der Waals surface area (Å²) in [6.07, 6.45) is 0. The highest BCUT2D eigenvalue weighted by Gasteiger charge is 1.96. The first kappa shape index (κ1) is 5.55. The van der Waals surface area contributed by atoms with E-state index in [1.807, 2.05) is 0 Å². The van der Waals surface area contributed by atoms with Crippen molar-refractivity contribution in [3.8, 4) is 0 Å². The SMILES string of the molecule is NC(=O)N(F)S. The zero-order valence-corrected chi connectivity index (χ0v) is 3.65. The van der Waals surface area contributed by atoms with Crippen LogP contribution in [0.4, 0.5) is 9.28 Å². The predicted octanol–water partition coefficient (Wildman–Crippen LogP) is 0.0964. The molecule has 0 heterocycles. The minimum atomic E-state index is -1.21. The van der Waals surface area contributed by atoms with E-state index >= 15 is 0 Å². The van der Waals surface area contributed by atoms with E-state index in [9.17, 15) is 9.28 Å². The number of primary amides is 1. The molecule has 2 N–H and O–H groups in total. The minimum absolute atomic E-state index is 0.500. The molecule has 0 aromatic heterocycles. The Bertz CT molecular complexity index is 64.6. The fourth-order valence-corrected chi connectivity index (χ4v) is 0. The molecule has 0 aromatic carbocycles. The maximum absolute atomic E-state index is 11.0. The number of hydrogen-bond donors (Lipinski definition) is 2. The van der Waals surface area contributed by atoms with Crippen molar-refractivity contribution >= 4 is 18.8 Å². The van der Waals surface area contributed by atoms with Gasteiger partial charge in [-0.1, -0.05) is 4.48 Å². The van der Waals surface area contributed by atoms with Gasteiger partial charge in [-0.15, -0.1) is 4.53 Å².